The van der Waals surface area contributed by atoms with Crippen LogP contribution in [0.3, 0.4) is 0 Å². The van der Waals surface area contributed by atoms with Crippen molar-refractivity contribution < 1.29 is 4.79 Å². The molecule has 2 rings (SSSR count). The molecule has 0 unspecified atom stereocenters. The van der Waals surface area contributed by atoms with Crippen molar-refractivity contribution >= 4 is 11.6 Å². The van der Waals surface area contributed by atoms with E-state index in [0.717, 1.165) is 44.1 Å². The molecule has 1 fully saturated rings. The van der Waals surface area contributed by atoms with E-state index in [0.29, 0.717) is 6.42 Å². The maximum absolute atomic E-state index is 12.3. The van der Waals surface area contributed by atoms with Gasteiger partial charge in [-0.15, -0.1) is 0 Å². The number of benzene rings is 1. The monoisotopic (exact) mass is 302 g/mol. The molecule has 1 aliphatic rings. The molecule has 1 amide bonds. The van der Waals surface area contributed by atoms with Crippen LogP contribution < -0.4 is 5.32 Å². The van der Waals surface area contributed by atoms with Gasteiger partial charge in [-0.3, -0.25) is 4.79 Å². The summed E-state index contributed by atoms with van der Waals surface area (Å²) < 4.78 is 0. The van der Waals surface area contributed by atoms with Crippen LogP contribution in [0.15, 0.2) is 18.2 Å². The Bertz CT molecular complexity index is 468. The number of anilines is 1. The lowest BCUT2D eigenvalue weighted by Gasteiger charge is -2.29. The molecule has 0 radical (unpaired) electrons. The van der Waals surface area contributed by atoms with Crippen molar-refractivity contribution in [3.63, 3.8) is 0 Å². The van der Waals surface area contributed by atoms with Crippen LogP contribution in [0.25, 0.3) is 0 Å². The molecule has 0 aromatic heterocycles. The first-order valence-corrected chi connectivity index (χ1v) is 8.77. The summed E-state index contributed by atoms with van der Waals surface area (Å²) in [6.07, 6.45) is 5.02. The van der Waals surface area contributed by atoms with E-state index in [1.165, 1.54) is 24.0 Å². The molecular formula is C19H30N2O. The molecule has 1 N–H and O–H groups in total. The van der Waals surface area contributed by atoms with Crippen molar-refractivity contribution in [2.75, 3.05) is 25.0 Å². The van der Waals surface area contributed by atoms with Crippen molar-refractivity contribution in [1.82, 2.24) is 4.90 Å². The highest BCUT2D eigenvalue weighted by molar-refractivity contribution is 5.92. The molecule has 0 bridgehead atoms. The maximum Gasteiger partial charge on any atom is 0.225 e. The van der Waals surface area contributed by atoms with Crippen molar-refractivity contribution in [2.24, 2.45) is 5.92 Å². The first-order chi connectivity index (χ1) is 10.6. The number of carbonyl (C=O) groups excluding carboxylic acids is 1. The van der Waals surface area contributed by atoms with Gasteiger partial charge in [0.15, 0.2) is 0 Å². The van der Waals surface area contributed by atoms with Crippen LogP contribution in [0.4, 0.5) is 5.69 Å². The Hall–Kier alpha value is -1.35. The first-order valence-electron chi connectivity index (χ1n) is 8.77. The molecule has 22 heavy (non-hydrogen) atoms. The number of hydrogen-bond donors (Lipinski definition) is 1. The lowest BCUT2D eigenvalue weighted by molar-refractivity contribution is -0.116. The van der Waals surface area contributed by atoms with Crippen LogP contribution >= 0.6 is 0 Å². The van der Waals surface area contributed by atoms with Gasteiger partial charge in [-0.05, 0) is 55.8 Å². The van der Waals surface area contributed by atoms with Gasteiger partial charge in [0.25, 0.3) is 0 Å². The van der Waals surface area contributed by atoms with E-state index in [9.17, 15) is 4.79 Å². The Labute approximate surface area is 135 Å². The Kier molecular flexibility index (Phi) is 6.44. The van der Waals surface area contributed by atoms with Gasteiger partial charge in [0.1, 0.15) is 0 Å². The van der Waals surface area contributed by atoms with E-state index in [1.54, 1.807) is 0 Å². The third-order valence-electron chi connectivity index (χ3n) is 4.79. The van der Waals surface area contributed by atoms with Gasteiger partial charge in [0.05, 0.1) is 0 Å². The van der Waals surface area contributed by atoms with Crippen LogP contribution in [0, 0.1) is 5.92 Å². The Morgan fingerprint density at radius 2 is 1.77 bits per heavy atom. The molecule has 0 atom stereocenters. The lowest BCUT2D eigenvalue weighted by Crippen LogP contribution is -2.35. The summed E-state index contributed by atoms with van der Waals surface area (Å²) >= 11 is 0. The zero-order valence-electron chi connectivity index (χ0n) is 14.3. The number of amides is 1. The number of hydrogen-bond acceptors (Lipinski definition) is 2. The molecule has 1 aromatic rings. The molecule has 1 heterocycles. The fourth-order valence-corrected chi connectivity index (χ4v) is 3.15. The second-order valence-corrected chi connectivity index (χ2v) is 6.48. The fraction of sp³-hybridized carbons (Fsp3) is 0.632. The normalized spacial score (nSPS) is 16.7. The number of para-hydroxylation sites is 1. The van der Waals surface area contributed by atoms with E-state index < -0.39 is 0 Å². The Morgan fingerprint density at radius 3 is 2.32 bits per heavy atom. The molecule has 122 valence electrons. The van der Waals surface area contributed by atoms with Gasteiger partial charge in [0, 0.05) is 18.7 Å². The van der Waals surface area contributed by atoms with Crippen molar-refractivity contribution in [1.29, 1.82) is 0 Å². The summed E-state index contributed by atoms with van der Waals surface area (Å²) in [6, 6.07) is 6.31. The second kappa shape index (κ2) is 8.33. The molecule has 0 spiro atoms. The molecule has 1 saturated heterocycles. The maximum atomic E-state index is 12.3. The van der Waals surface area contributed by atoms with Crippen LogP contribution in [-0.4, -0.2) is 30.4 Å². The van der Waals surface area contributed by atoms with Gasteiger partial charge in [-0.1, -0.05) is 39.0 Å². The number of rotatable bonds is 6. The fourth-order valence-electron chi connectivity index (χ4n) is 3.15. The highest BCUT2D eigenvalue weighted by Gasteiger charge is 2.17. The summed E-state index contributed by atoms with van der Waals surface area (Å²) in [4.78, 5) is 14.7. The quantitative estimate of drug-likeness (QED) is 0.865. The number of piperidine rings is 1. The molecule has 0 aliphatic carbocycles. The standard InChI is InChI=1S/C19H30N2O/c1-4-16-7-6-8-17(5-2)19(16)20-18(22)11-14-21-12-9-15(3)10-13-21/h6-8,15H,4-5,9-14H2,1-3H3,(H,20,22). The summed E-state index contributed by atoms with van der Waals surface area (Å²) in [5, 5.41) is 3.16. The number of nitrogens with one attached hydrogen (secondary N) is 1. The van der Waals surface area contributed by atoms with E-state index >= 15 is 0 Å². The number of nitrogens with zero attached hydrogens (tertiary/aromatic N) is 1. The summed E-state index contributed by atoms with van der Waals surface area (Å²) in [7, 11) is 0. The van der Waals surface area contributed by atoms with Crippen molar-refractivity contribution in [3.8, 4) is 0 Å². The average molecular weight is 302 g/mol. The van der Waals surface area contributed by atoms with Crippen molar-refractivity contribution in [3.05, 3.63) is 29.3 Å². The first kappa shape index (κ1) is 17.0. The SMILES string of the molecule is CCc1cccc(CC)c1NC(=O)CCN1CCC(C)CC1. The summed E-state index contributed by atoms with van der Waals surface area (Å²) in [6.45, 7) is 9.76. The Morgan fingerprint density at radius 1 is 1.18 bits per heavy atom. The minimum atomic E-state index is 0.147. The number of carbonyl (C=O) groups is 1. The molecule has 3 heteroatoms. The smallest absolute Gasteiger partial charge is 0.225 e. The Balaban J connectivity index is 1.89. The zero-order valence-corrected chi connectivity index (χ0v) is 14.3. The van der Waals surface area contributed by atoms with Gasteiger partial charge in [-0.25, -0.2) is 0 Å². The van der Waals surface area contributed by atoms with Crippen LogP contribution in [0.1, 0.15) is 51.2 Å². The van der Waals surface area contributed by atoms with Crippen LogP contribution in [-0.2, 0) is 17.6 Å². The second-order valence-electron chi connectivity index (χ2n) is 6.48. The summed E-state index contributed by atoms with van der Waals surface area (Å²) in [5.41, 5.74) is 3.52. The highest BCUT2D eigenvalue weighted by Crippen LogP contribution is 2.23. The summed E-state index contributed by atoms with van der Waals surface area (Å²) in [5.74, 6) is 0.989. The number of likely N-dealkylation sites (tertiary alicyclic amines) is 1. The predicted molar refractivity (Wildman–Crippen MR) is 93.3 cm³/mol. The van der Waals surface area contributed by atoms with Crippen LogP contribution in [0.5, 0.6) is 0 Å². The van der Waals surface area contributed by atoms with Gasteiger partial charge in [-0.2, -0.15) is 0 Å². The molecule has 3 nitrogen and oxygen atoms in total. The molecule has 1 aliphatic heterocycles. The van der Waals surface area contributed by atoms with Crippen LogP contribution in [0.2, 0.25) is 0 Å². The van der Waals surface area contributed by atoms with E-state index in [4.69, 9.17) is 0 Å². The molecule has 1 aromatic carbocycles. The van der Waals surface area contributed by atoms with E-state index in [2.05, 4.69) is 49.2 Å². The van der Waals surface area contributed by atoms with Gasteiger partial charge < -0.3 is 10.2 Å². The van der Waals surface area contributed by atoms with E-state index in [1.807, 2.05) is 0 Å². The third-order valence-corrected chi connectivity index (χ3v) is 4.79. The van der Waals surface area contributed by atoms with Crippen molar-refractivity contribution in [2.45, 2.75) is 52.9 Å². The minimum Gasteiger partial charge on any atom is -0.326 e. The topological polar surface area (TPSA) is 32.3 Å². The lowest BCUT2D eigenvalue weighted by atomic mass is 9.99. The zero-order chi connectivity index (χ0) is 15.9. The van der Waals surface area contributed by atoms with Gasteiger partial charge >= 0.3 is 0 Å². The molecule has 0 saturated carbocycles. The highest BCUT2D eigenvalue weighted by atomic mass is 16.1. The van der Waals surface area contributed by atoms with E-state index in [-0.39, 0.29) is 5.91 Å². The number of aryl methyl sites for hydroxylation is 2. The average Bonchev–Trinajstić information content (AvgIpc) is 2.54. The van der Waals surface area contributed by atoms with Gasteiger partial charge in [0.2, 0.25) is 5.91 Å². The third kappa shape index (κ3) is 4.57. The molecular weight excluding hydrogens is 272 g/mol. The predicted octanol–water partition coefficient (Wildman–Crippen LogP) is 3.87. The largest absolute Gasteiger partial charge is 0.326 e. The minimum absolute atomic E-state index is 0.147.